The molecule has 1 aromatic heterocycles. The van der Waals surface area contributed by atoms with Gasteiger partial charge in [0.25, 0.3) is 0 Å². The van der Waals surface area contributed by atoms with Crippen molar-refractivity contribution in [2.45, 2.75) is 19.3 Å². The van der Waals surface area contributed by atoms with Crippen molar-refractivity contribution < 1.29 is 4.42 Å². The van der Waals surface area contributed by atoms with Crippen molar-refractivity contribution in [3.63, 3.8) is 0 Å². The van der Waals surface area contributed by atoms with Gasteiger partial charge in [-0.2, -0.15) is 0 Å². The van der Waals surface area contributed by atoms with Crippen LogP contribution in [-0.2, 0) is 5.41 Å². The maximum absolute atomic E-state index is 6.86. The van der Waals surface area contributed by atoms with Crippen LogP contribution in [0.1, 0.15) is 33.4 Å². The second-order valence-electron chi connectivity index (χ2n) is 14.2. The zero-order chi connectivity index (χ0) is 33.8. The second kappa shape index (κ2) is 10.3. The summed E-state index contributed by atoms with van der Waals surface area (Å²) in [5.74, 6) is 0. The Bertz CT molecular complexity index is 2830. The molecular weight excluding hydrogens is 619 g/mol. The first-order valence-electron chi connectivity index (χ1n) is 17.8. The van der Waals surface area contributed by atoms with E-state index in [0.717, 1.165) is 39.0 Å². The molecule has 51 heavy (non-hydrogen) atoms. The fourth-order valence-corrected chi connectivity index (χ4v) is 9.45. The van der Waals surface area contributed by atoms with Crippen molar-refractivity contribution in [1.82, 2.24) is 0 Å². The van der Waals surface area contributed by atoms with Gasteiger partial charge in [-0.3, -0.25) is 0 Å². The highest BCUT2D eigenvalue weighted by molar-refractivity contribution is 6.23. The topological polar surface area (TPSA) is 16.4 Å². The Morgan fingerprint density at radius 1 is 0.451 bits per heavy atom. The van der Waals surface area contributed by atoms with Crippen molar-refractivity contribution in [1.29, 1.82) is 0 Å². The Kier molecular flexibility index (Phi) is 5.76. The number of para-hydroxylation sites is 1. The van der Waals surface area contributed by atoms with E-state index in [4.69, 9.17) is 4.42 Å². The van der Waals surface area contributed by atoms with Crippen LogP contribution in [0.15, 0.2) is 168 Å². The molecule has 0 unspecified atom stereocenters. The SMILES string of the molecule is Cc1cc(C)cc(N(c2ccc3c(c2)C2(c4ccccc4-c4ccccc42)c2ccccc2-3)c2cc3ccccc3c3c2oc2ccccc23)c1. The summed E-state index contributed by atoms with van der Waals surface area (Å²) < 4.78 is 6.86. The van der Waals surface area contributed by atoms with Gasteiger partial charge >= 0.3 is 0 Å². The number of benzene rings is 8. The van der Waals surface area contributed by atoms with Crippen molar-refractivity contribution in [3.05, 3.63) is 197 Å². The molecule has 9 aromatic rings. The minimum atomic E-state index is -0.429. The van der Waals surface area contributed by atoms with E-state index in [1.165, 1.54) is 66.4 Å². The Morgan fingerprint density at radius 3 is 1.67 bits per heavy atom. The van der Waals surface area contributed by atoms with E-state index in [2.05, 4.69) is 183 Å². The second-order valence-corrected chi connectivity index (χ2v) is 14.2. The van der Waals surface area contributed by atoms with Gasteiger partial charge in [-0.05, 0) is 117 Å². The van der Waals surface area contributed by atoms with Gasteiger partial charge in [-0.25, -0.2) is 0 Å². The first kappa shape index (κ1) is 28.5. The van der Waals surface area contributed by atoms with Gasteiger partial charge in [-0.15, -0.1) is 0 Å². The molecule has 2 nitrogen and oxygen atoms in total. The molecule has 0 saturated heterocycles. The molecule has 2 aliphatic rings. The molecule has 11 rings (SSSR count). The summed E-state index contributed by atoms with van der Waals surface area (Å²) in [7, 11) is 0. The van der Waals surface area contributed by atoms with Crippen molar-refractivity contribution in [3.8, 4) is 22.3 Å². The van der Waals surface area contributed by atoms with Gasteiger partial charge in [-0.1, -0.05) is 127 Å². The summed E-state index contributed by atoms with van der Waals surface area (Å²) >= 11 is 0. The van der Waals surface area contributed by atoms with Crippen molar-refractivity contribution >= 4 is 49.8 Å². The van der Waals surface area contributed by atoms with Crippen LogP contribution in [0.2, 0.25) is 0 Å². The number of anilines is 3. The van der Waals surface area contributed by atoms with Gasteiger partial charge in [0.15, 0.2) is 5.58 Å². The molecule has 0 aliphatic heterocycles. The quantitative estimate of drug-likeness (QED) is 0.189. The van der Waals surface area contributed by atoms with Crippen molar-refractivity contribution in [2.75, 3.05) is 4.90 Å². The predicted octanol–water partition coefficient (Wildman–Crippen LogP) is 13.2. The fraction of sp³-hybridized carbons (Fsp3) is 0.0612. The lowest BCUT2D eigenvalue weighted by atomic mass is 9.70. The standard InChI is InChI=1S/C49H33NO/c1-30-25-31(2)27-34(26-30)50(45-28-32-13-3-4-14-35(32)47-40-18-8-12-22-46(40)51-48(45)47)33-23-24-39-38-17-7-11-21-43(38)49(44(39)29-33)41-19-9-5-15-36(41)37-16-6-10-20-42(37)49/h3-29H,1-2H3. The molecule has 0 radical (unpaired) electrons. The van der Waals surface area contributed by atoms with E-state index in [-0.39, 0.29) is 0 Å². The molecule has 0 amide bonds. The molecule has 2 heteroatoms. The monoisotopic (exact) mass is 651 g/mol. The van der Waals surface area contributed by atoms with Crippen molar-refractivity contribution in [2.24, 2.45) is 0 Å². The smallest absolute Gasteiger partial charge is 0.160 e. The van der Waals surface area contributed by atoms with Crippen LogP contribution in [0.25, 0.3) is 55.0 Å². The van der Waals surface area contributed by atoms with E-state index in [1.54, 1.807) is 0 Å². The molecule has 240 valence electrons. The van der Waals surface area contributed by atoms with Crippen LogP contribution >= 0.6 is 0 Å². The Hall–Kier alpha value is -6.38. The number of nitrogens with zero attached hydrogens (tertiary/aromatic N) is 1. The predicted molar refractivity (Wildman–Crippen MR) is 212 cm³/mol. The largest absolute Gasteiger partial charge is 0.454 e. The van der Waals surface area contributed by atoms with E-state index in [0.29, 0.717) is 0 Å². The number of rotatable bonds is 3. The molecule has 0 fully saturated rings. The average Bonchev–Trinajstić information content (AvgIpc) is 3.79. The van der Waals surface area contributed by atoms with Crippen LogP contribution in [0, 0.1) is 13.8 Å². The maximum Gasteiger partial charge on any atom is 0.160 e. The lowest BCUT2D eigenvalue weighted by Crippen LogP contribution is -2.26. The summed E-state index contributed by atoms with van der Waals surface area (Å²) in [6.45, 7) is 4.37. The summed E-state index contributed by atoms with van der Waals surface area (Å²) in [5.41, 5.74) is 17.6. The number of hydrogen-bond donors (Lipinski definition) is 0. The summed E-state index contributed by atoms with van der Waals surface area (Å²) in [6.07, 6.45) is 0. The van der Waals surface area contributed by atoms with Gasteiger partial charge < -0.3 is 9.32 Å². The molecule has 0 bridgehead atoms. The highest BCUT2D eigenvalue weighted by Crippen LogP contribution is 2.63. The third kappa shape index (κ3) is 3.77. The number of aryl methyl sites for hydroxylation is 2. The summed E-state index contributed by atoms with van der Waals surface area (Å²) in [4.78, 5) is 2.43. The Balaban J connectivity index is 1.26. The zero-order valence-corrected chi connectivity index (χ0v) is 28.4. The third-order valence-corrected chi connectivity index (χ3v) is 11.3. The average molecular weight is 652 g/mol. The highest BCUT2D eigenvalue weighted by Gasteiger charge is 2.51. The summed E-state index contributed by atoms with van der Waals surface area (Å²) in [5, 5.41) is 4.67. The molecule has 8 aromatic carbocycles. The van der Waals surface area contributed by atoms with E-state index < -0.39 is 5.41 Å². The molecule has 1 spiro atoms. The maximum atomic E-state index is 6.86. The minimum absolute atomic E-state index is 0.429. The Labute approximate surface area is 296 Å². The molecule has 2 aliphatic carbocycles. The zero-order valence-electron chi connectivity index (χ0n) is 28.4. The van der Waals surface area contributed by atoms with E-state index in [1.807, 2.05) is 0 Å². The number of furan rings is 1. The lowest BCUT2D eigenvalue weighted by Gasteiger charge is -2.32. The van der Waals surface area contributed by atoms with Crippen LogP contribution in [-0.4, -0.2) is 0 Å². The number of fused-ring (bicyclic) bond motifs is 15. The van der Waals surface area contributed by atoms with Gasteiger partial charge in [0.1, 0.15) is 5.58 Å². The van der Waals surface area contributed by atoms with Crippen LogP contribution in [0.3, 0.4) is 0 Å². The van der Waals surface area contributed by atoms with Crippen LogP contribution in [0.4, 0.5) is 17.1 Å². The summed E-state index contributed by atoms with van der Waals surface area (Å²) in [6, 6.07) is 60.5. The van der Waals surface area contributed by atoms with Gasteiger partial charge in [0, 0.05) is 22.1 Å². The lowest BCUT2D eigenvalue weighted by molar-refractivity contribution is 0.669. The van der Waals surface area contributed by atoms with E-state index >= 15 is 0 Å². The van der Waals surface area contributed by atoms with Gasteiger partial charge in [0.2, 0.25) is 0 Å². The molecule has 0 saturated carbocycles. The third-order valence-electron chi connectivity index (χ3n) is 11.3. The first-order chi connectivity index (χ1) is 25.1. The molecule has 1 heterocycles. The molecular formula is C49H33NO. The Morgan fingerprint density at radius 2 is 1.00 bits per heavy atom. The minimum Gasteiger partial charge on any atom is -0.454 e. The first-order valence-corrected chi connectivity index (χ1v) is 17.8. The van der Waals surface area contributed by atoms with Gasteiger partial charge in [0.05, 0.1) is 11.1 Å². The molecule has 0 N–H and O–H groups in total. The highest BCUT2D eigenvalue weighted by atomic mass is 16.3. The van der Waals surface area contributed by atoms with Crippen LogP contribution in [0.5, 0.6) is 0 Å². The van der Waals surface area contributed by atoms with E-state index in [9.17, 15) is 0 Å². The normalized spacial score (nSPS) is 13.5. The molecule has 0 atom stereocenters. The fourth-order valence-electron chi connectivity index (χ4n) is 9.45. The number of hydrogen-bond acceptors (Lipinski definition) is 2. The van der Waals surface area contributed by atoms with Crippen LogP contribution < -0.4 is 4.90 Å².